The SMILES string of the molecule is CC1C=C(c2ccccc2)C2=C(O1)C(CC(=O)O)=CC(=O)C2. The van der Waals surface area contributed by atoms with Crippen molar-refractivity contribution < 1.29 is 19.4 Å². The second kappa shape index (κ2) is 5.64. The molecule has 0 amide bonds. The fourth-order valence-electron chi connectivity index (χ4n) is 2.86. The summed E-state index contributed by atoms with van der Waals surface area (Å²) in [6, 6.07) is 9.77. The van der Waals surface area contributed by atoms with Crippen molar-refractivity contribution >= 4 is 17.3 Å². The molecule has 0 fully saturated rings. The highest BCUT2D eigenvalue weighted by atomic mass is 16.5. The number of allylic oxidation sites excluding steroid dienone is 4. The van der Waals surface area contributed by atoms with Crippen molar-refractivity contribution in [2.45, 2.75) is 25.9 Å². The van der Waals surface area contributed by atoms with Gasteiger partial charge in [0.2, 0.25) is 0 Å². The Kier molecular flexibility index (Phi) is 3.67. The predicted molar refractivity (Wildman–Crippen MR) is 82.0 cm³/mol. The molecule has 1 aromatic rings. The molecule has 1 aromatic carbocycles. The van der Waals surface area contributed by atoms with Crippen LogP contribution in [0.5, 0.6) is 0 Å². The molecule has 1 unspecified atom stereocenters. The van der Waals surface area contributed by atoms with Crippen molar-refractivity contribution in [2.24, 2.45) is 0 Å². The van der Waals surface area contributed by atoms with Crippen LogP contribution in [-0.4, -0.2) is 23.0 Å². The number of aliphatic carboxylic acids is 1. The maximum atomic E-state index is 12.0. The first kappa shape index (κ1) is 14.3. The summed E-state index contributed by atoms with van der Waals surface area (Å²) in [5, 5.41) is 9.05. The monoisotopic (exact) mass is 296 g/mol. The zero-order valence-electron chi connectivity index (χ0n) is 12.2. The average Bonchev–Trinajstić information content (AvgIpc) is 2.47. The minimum absolute atomic E-state index is 0.0880. The molecule has 3 rings (SSSR count). The topological polar surface area (TPSA) is 63.6 Å². The van der Waals surface area contributed by atoms with Gasteiger partial charge in [0.05, 0.1) is 6.42 Å². The van der Waals surface area contributed by atoms with E-state index in [4.69, 9.17) is 9.84 Å². The van der Waals surface area contributed by atoms with Gasteiger partial charge in [0.25, 0.3) is 0 Å². The molecule has 1 atom stereocenters. The summed E-state index contributed by atoms with van der Waals surface area (Å²) in [5.74, 6) is -0.509. The number of ether oxygens (including phenoxy) is 1. The number of carbonyl (C=O) groups is 2. The summed E-state index contributed by atoms with van der Waals surface area (Å²) in [7, 11) is 0. The number of hydrogen-bond donors (Lipinski definition) is 1. The molecule has 0 saturated heterocycles. The number of rotatable bonds is 3. The van der Waals surface area contributed by atoms with Gasteiger partial charge in [-0.3, -0.25) is 9.59 Å². The number of carbonyl (C=O) groups excluding carboxylic acids is 1. The maximum Gasteiger partial charge on any atom is 0.307 e. The lowest BCUT2D eigenvalue weighted by molar-refractivity contribution is -0.136. The summed E-state index contributed by atoms with van der Waals surface area (Å²) in [6.45, 7) is 1.90. The van der Waals surface area contributed by atoms with E-state index in [9.17, 15) is 9.59 Å². The highest BCUT2D eigenvalue weighted by Crippen LogP contribution is 2.39. The molecule has 0 aromatic heterocycles. The van der Waals surface area contributed by atoms with E-state index in [0.29, 0.717) is 11.3 Å². The zero-order valence-corrected chi connectivity index (χ0v) is 12.2. The van der Waals surface area contributed by atoms with Crippen molar-refractivity contribution in [3.63, 3.8) is 0 Å². The van der Waals surface area contributed by atoms with E-state index in [1.165, 1.54) is 6.08 Å². The standard InChI is InChI=1S/C18H16O4/c1-11-7-15(12-5-3-2-4-6-12)16-10-14(19)8-13(9-17(20)21)18(16)22-11/h2-8,11H,9-10H2,1H3,(H,20,21). The number of carboxylic acids is 1. The fourth-order valence-corrected chi connectivity index (χ4v) is 2.86. The molecule has 112 valence electrons. The molecule has 2 aliphatic rings. The van der Waals surface area contributed by atoms with Gasteiger partial charge in [-0.25, -0.2) is 0 Å². The van der Waals surface area contributed by atoms with E-state index in [1.54, 1.807) is 0 Å². The highest BCUT2D eigenvalue weighted by Gasteiger charge is 2.30. The average molecular weight is 296 g/mol. The van der Waals surface area contributed by atoms with Crippen LogP contribution in [0.25, 0.3) is 5.57 Å². The largest absolute Gasteiger partial charge is 0.486 e. The third-order valence-electron chi connectivity index (χ3n) is 3.71. The highest BCUT2D eigenvalue weighted by molar-refractivity contribution is 6.00. The van der Waals surface area contributed by atoms with Crippen molar-refractivity contribution in [3.05, 3.63) is 65.0 Å². The van der Waals surface area contributed by atoms with E-state index in [0.717, 1.165) is 16.7 Å². The van der Waals surface area contributed by atoms with Gasteiger partial charge >= 0.3 is 5.97 Å². The van der Waals surface area contributed by atoms with Crippen LogP contribution < -0.4 is 0 Å². The lowest BCUT2D eigenvalue weighted by Crippen LogP contribution is -2.21. The van der Waals surface area contributed by atoms with Gasteiger partial charge in [-0.2, -0.15) is 0 Å². The molecule has 0 radical (unpaired) electrons. The Morgan fingerprint density at radius 1 is 1.32 bits per heavy atom. The quantitative estimate of drug-likeness (QED) is 0.931. The molecule has 1 heterocycles. The van der Waals surface area contributed by atoms with Crippen LogP contribution in [0.1, 0.15) is 25.3 Å². The first-order chi connectivity index (χ1) is 10.5. The fraction of sp³-hybridized carbons (Fsp3) is 0.222. The Balaban J connectivity index is 2.09. The summed E-state index contributed by atoms with van der Waals surface area (Å²) in [5.41, 5.74) is 3.20. The predicted octanol–water partition coefficient (Wildman–Crippen LogP) is 3.12. The van der Waals surface area contributed by atoms with Gasteiger partial charge in [-0.05, 0) is 30.2 Å². The first-order valence-corrected chi connectivity index (χ1v) is 7.17. The van der Waals surface area contributed by atoms with Crippen molar-refractivity contribution in [3.8, 4) is 0 Å². The van der Waals surface area contributed by atoms with Crippen LogP contribution in [0.4, 0.5) is 0 Å². The minimum Gasteiger partial charge on any atom is -0.486 e. The molecule has 0 saturated carbocycles. The van der Waals surface area contributed by atoms with Gasteiger partial charge in [0, 0.05) is 17.6 Å². The molecule has 4 heteroatoms. The molecule has 4 nitrogen and oxygen atoms in total. The summed E-state index contributed by atoms with van der Waals surface area (Å²) in [4.78, 5) is 23.0. The smallest absolute Gasteiger partial charge is 0.307 e. The maximum absolute atomic E-state index is 12.0. The molecule has 1 aliphatic heterocycles. The van der Waals surface area contributed by atoms with Crippen LogP contribution in [0, 0.1) is 0 Å². The van der Waals surface area contributed by atoms with E-state index >= 15 is 0 Å². The van der Waals surface area contributed by atoms with Crippen LogP contribution in [0.15, 0.2) is 59.4 Å². The Morgan fingerprint density at radius 2 is 2.05 bits per heavy atom. The van der Waals surface area contributed by atoms with Crippen LogP contribution >= 0.6 is 0 Å². The van der Waals surface area contributed by atoms with Gasteiger partial charge in [-0.15, -0.1) is 0 Å². The molecular weight excluding hydrogens is 280 g/mol. The third-order valence-corrected chi connectivity index (χ3v) is 3.71. The number of ketones is 1. The van der Waals surface area contributed by atoms with Crippen LogP contribution in [0.2, 0.25) is 0 Å². The summed E-state index contributed by atoms with van der Waals surface area (Å²) < 4.78 is 5.82. The third kappa shape index (κ3) is 2.72. The van der Waals surface area contributed by atoms with E-state index in [2.05, 4.69) is 0 Å². The summed E-state index contributed by atoms with van der Waals surface area (Å²) in [6.07, 6.45) is 3.24. The lowest BCUT2D eigenvalue weighted by Gasteiger charge is -2.29. The summed E-state index contributed by atoms with van der Waals surface area (Å²) >= 11 is 0. The molecule has 0 bridgehead atoms. The first-order valence-electron chi connectivity index (χ1n) is 7.17. The normalized spacial score (nSPS) is 20.8. The zero-order chi connectivity index (χ0) is 15.7. The van der Waals surface area contributed by atoms with Gasteiger partial charge in [-0.1, -0.05) is 30.3 Å². The Hall–Kier alpha value is -2.62. The van der Waals surface area contributed by atoms with Crippen molar-refractivity contribution in [1.82, 2.24) is 0 Å². The van der Waals surface area contributed by atoms with Crippen molar-refractivity contribution in [2.75, 3.05) is 0 Å². The molecular formula is C18H16O4. The molecule has 22 heavy (non-hydrogen) atoms. The Morgan fingerprint density at radius 3 is 2.73 bits per heavy atom. The lowest BCUT2D eigenvalue weighted by atomic mass is 9.84. The Labute approximate surface area is 128 Å². The number of carboxylic acid groups (broad SMARTS) is 1. The number of hydrogen-bond acceptors (Lipinski definition) is 3. The van der Waals surface area contributed by atoms with Crippen molar-refractivity contribution in [1.29, 1.82) is 0 Å². The second-order valence-electron chi connectivity index (χ2n) is 5.46. The Bertz CT molecular complexity index is 723. The van der Waals surface area contributed by atoms with Gasteiger partial charge in [0.15, 0.2) is 5.78 Å². The van der Waals surface area contributed by atoms with Crippen LogP contribution in [-0.2, 0) is 14.3 Å². The second-order valence-corrected chi connectivity index (χ2v) is 5.46. The van der Waals surface area contributed by atoms with Gasteiger partial charge in [0.1, 0.15) is 11.9 Å². The van der Waals surface area contributed by atoms with E-state index in [-0.39, 0.29) is 24.7 Å². The molecule has 1 aliphatic carbocycles. The van der Waals surface area contributed by atoms with E-state index in [1.807, 2.05) is 43.3 Å². The molecule has 1 N–H and O–H groups in total. The van der Waals surface area contributed by atoms with Crippen LogP contribution in [0.3, 0.4) is 0 Å². The van der Waals surface area contributed by atoms with E-state index < -0.39 is 5.97 Å². The minimum atomic E-state index is -0.972. The molecule has 0 spiro atoms. The number of benzene rings is 1. The van der Waals surface area contributed by atoms with Gasteiger partial charge < -0.3 is 9.84 Å².